The van der Waals surface area contributed by atoms with Gasteiger partial charge in [-0.25, -0.2) is 9.98 Å². The summed E-state index contributed by atoms with van der Waals surface area (Å²) in [5.74, 6) is 1.45. The Balaban J connectivity index is 2.00. The Kier molecular flexibility index (Phi) is 4.12. The van der Waals surface area contributed by atoms with Gasteiger partial charge >= 0.3 is 0 Å². The van der Waals surface area contributed by atoms with E-state index in [-0.39, 0.29) is 0 Å². The summed E-state index contributed by atoms with van der Waals surface area (Å²) in [6, 6.07) is 9.56. The SMILES string of the molecule is COc1ccc(N)cc1NC(C)=Nc1c(C)ccc2c1ncn2C. The first-order chi connectivity index (χ1) is 11.5. The predicted molar refractivity (Wildman–Crippen MR) is 99.2 cm³/mol. The number of rotatable bonds is 3. The number of imidazole rings is 1. The summed E-state index contributed by atoms with van der Waals surface area (Å²) in [4.78, 5) is 9.20. The molecule has 0 aliphatic carbocycles. The third kappa shape index (κ3) is 2.90. The lowest BCUT2D eigenvalue weighted by Gasteiger charge is -2.12. The van der Waals surface area contributed by atoms with Crippen molar-refractivity contribution in [2.75, 3.05) is 18.2 Å². The fraction of sp³-hybridized carbons (Fsp3) is 0.222. The Bertz CT molecular complexity index is 927. The summed E-state index contributed by atoms with van der Waals surface area (Å²) in [6.45, 7) is 3.94. The van der Waals surface area contributed by atoms with Crippen molar-refractivity contribution >= 4 is 33.9 Å². The standard InChI is InChI=1S/C18H21N5O/c1-11-5-7-15-18(20-10-23(15)3)17(11)22-12(2)21-14-9-13(19)6-8-16(14)24-4/h5-10H,19H2,1-4H3,(H,21,22). The quantitative estimate of drug-likeness (QED) is 0.438. The van der Waals surface area contributed by atoms with Gasteiger partial charge in [-0.15, -0.1) is 0 Å². The number of aryl methyl sites for hydroxylation is 2. The molecule has 0 bridgehead atoms. The van der Waals surface area contributed by atoms with Gasteiger partial charge in [0.1, 0.15) is 17.1 Å². The fourth-order valence-corrected chi connectivity index (χ4v) is 2.64. The van der Waals surface area contributed by atoms with E-state index in [0.717, 1.165) is 33.8 Å². The number of aliphatic imine (C=N–C) groups is 1. The molecule has 2 aromatic carbocycles. The molecule has 0 fully saturated rings. The molecule has 1 aromatic heterocycles. The predicted octanol–water partition coefficient (Wildman–Crippen LogP) is 3.63. The van der Waals surface area contributed by atoms with Gasteiger partial charge < -0.3 is 20.4 Å². The molecule has 0 unspecified atom stereocenters. The number of nitrogen functional groups attached to an aromatic ring is 1. The fourth-order valence-electron chi connectivity index (χ4n) is 2.64. The van der Waals surface area contributed by atoms with Gasteiger partial charge in [0, 0.05) is 12.7 Å². The van der Waals surface area contributed by atoms with E-state index in [0.29, 0.717) is 11.4 Å². The number of nitrogens with two attached hydrogens (primary N) is 1. The van der Waals surface area contributed by atoms with Crippen LogP contribution in [0.15, 0.2) is 41.7 Å². The number of hydrogen-bond acceptors (Lipinski definition) is 4. The van der Waals surface area contributed by atoms with Crippen LogP contribution in [0.1, 0.15) is 12.5 Å². The Hall–Kier alpha value is -3.02. The van der Waals surface area contributed by atoms with Crippen molar-refractivity contribution in [1.82, 2.24) is 9.55 Å². The van der Waals surface area contributed by atoms with Crippen molar-refractivity contribution in [3.05, 3.63) is 42.2 Å². The topological polar surface area (TPSA) is 77.5 Å². The molecule has 24 heavy (non-hydrogen) atoms. The van der Waals surface area contributed by atoms with E-state index in [9.17, 15) is 0 Å². The average Bonchev–Trinajstić information content (AvgIpc) is 2.92. The number of anilines is 2. The summed E-state index contributed by atoms with van der Waals surface area (Å²) < 4.78 is 7.34. The van der Waals surface area contributed by atoms with E-state index in [1.165, 1.54) is 0 Å². The van der Waals surface area contributed by atoms with Crippen molar-refractivity contribution < 1.29 is 4.74 Å². The summed E-state index contributed by atoms with van der Waals surface area (Å²) in [7, 11) is 3.60. The van der Waals surface area contributed by atoms with E-state index in [1.807, 2.05) is 37.6 Å². The molecular formula is C18H21N5O. The second-order valence-corrected chi connectivity index (χ2v) is 5.74. The molecule has 3 rings (SSSR count). The van der Waals surface area contributed by atoms with Crippen LogP contribution >= 0.6 is 0 Å². The molecule has 0 aliphatic heterocycles. The van der Waals surface area contributed by atoms with Gasteiger partial charge in [0.05, 0.1) is 30.3 Å². The summed E-state index contributed by atoms with van der Waals surface area (Å²) in [6.07, 6.45) is 1.80. The minimum Gasteiger partial charge on any atom is -0.495 e. The first kappa shape index (κ1) is 15.9. The maximum atomic E-state index is 5.86. The molecule has 0 spiro atoms. The lowest BCUT2D eigenvalue weighted by atomic mass is 10.1. The highest BCUT2D eigenvalue weighted by molar-refractivity contribution is 6.00. The zero-order valence-corrected chi connectivity index (χ0v) is 14.3. The van der Waals surface area contributed by atoms with E-state index < -0.39 is 0 Å². The average molecular weight is 323 g/mol. The maximum Gasteiger partial charge on any atom is 0.142 e. The number of methoxy groups -OCH3 is 1. The third-order valence-corrected chi connectivity index (χ3v) is 3.89. The number of aromatic nitrogens is 2. The molecule has 0 saturated carbocycles. The first-order valence-electron chi connectivity index (χ1n) is 7.66. The van der Waals surface area contributed by atoms with Crippen LogP contribution in [0.2, 0.25) is 0 Å². The van der Waals surface area contributed by atoms with Crippen molar-refractivity contribution in [3.8, 4) is 5.75 Å². The molecule has 6 nitrogen and oxygen atoms in total. The maximum absolute atomic E-state index is 5.86. The minimum atomic E-state index is 0.661. The number of ether oxygens (including phenoxy) is 1. The Labute approximate surface area is 141 Å². The van der Waals surface area contributed by atoms with Crippen LogP contribution in [0.25, 0.3) is 11.0 Å². The summed E-state index contributed by atoms with van der Waals surface area (Å²) in [5, 5.41) is 3.26. The van der Waals surface area contributed by atoms with Gasteiger partial charge in [0.25, 0.3) is 0 Å². The second kappa shape index (κ2) is 6.23. The van der Waals surface area contributed by atoms with Crippen LogP contribution in [0.3, 0.4) is 0 Å². The van der Waals surface area contributed by atoms with Gasteiger partial charge in [0.15, 0.2) is 0 Å². The Morgan fingerprint density at radius 3 is 2.83 bits per heavy atom. The number of nitrogens with zero attached hydrogens (tertiary/aromatic N) is 3. The first-order valence-corrected chi connectivity index (χ1v) is 7.66. The van der Waals surface area contributed by atoms with Crippen LogP contribution in [0.4, 0.5) is 17.1 Å². The molecule has 124 valence electrons. The van der Waals surface area contributed by atoms with Crippen LogP contribution in [-0.4, -0.2) is 22.5 Å². The molecule has 6 heteroatoms. The van der Waals surface area contributed by atoms with Gasteiger partial charge in [0.2, 0.25) is 0 Å². The van der Waals surface area contributed by atoms with E-state index in [1.54, 1.807) is 19.5 Å². The van der Waals surface area contributed by atoms with Crippen molar-refractivity contribution in [1.29, 1.82) is 0 Å². The molecule has 3 N–H and O–H groups in total. The molecule has 0 atom stereocenters. The smallest absolute Gasteiger partial charge is 0.142 e. The second-order valence-electron chi connectivity index (χ2n) is 5.74. The lowest BCUT2D eigenvalue weighted by molar-refractivity contribution is 0.417. The van der Waals surface area contributed by atoms with Crippen molar-refractivity contribution in [3.63, 3.8) is 0 Å². The van der Waals surface area contributed by atoms with Crippen LogP contribution in [-0.2, 0) is 7.05 Å². The van der Waals surface area contributed by atoms with Crippen LogP contribution < -0.4 is 15.8 Å². The lowest BCUT2D eigenvalue weighted by Crippen LogP contribution is -2.08. The number of nitrogens with one attached hydrogen (secondary N) is 1. The monoisotopic (exact) mass is 323 g/mol. The summed E-state index contributed by atoms with van der Waals surface area (Å²) >= 11 is 0. The zero-order valence-electron chi connectivity index (χ0n) is 14.3. The normalized spacial score (nSPS) is 11.8. The van der Waals surface area contributed by atoms with E-state index in [4.69, 9.17) is 15.5 Å². The number of amidine groups is 1. The molecule has 0 aliphatic rings. The zero-order chi connectivity index (χ0) is 17.3. The number of hydrogen-bond donors (Lipinski definition) is 2. The number of benzene rings is 2. The molecule has 0 radical (unpaired) electrons. The third-order valence-electron chi connectivity index (χ3n) is 3.89. The van der Waals surface area contributed by atoms with Gasteiger partial charge in [-0.3, -0.25) is 0 Å². The van der Waals surface area contributed by atoms with Gasteiger partial charge in [-0.2, -0.15) is 0 Å². The number of fused-ring (bicyclic) bond motifs is 1. The van der Waals surface area contributed by atoms with Crippen molar-refractivity contribution in [2.24, 2.45) is 12.0 Å². The largest absolute Gasteiger partial charge is 0.495 e. The van der Waals surface area contributed by atoms with Crippen LogP contribution in [0.5, 0.6) is 5.75 Å². The highest BCUT2D eigenvalue weighted by Gasteiger charge is 2.10. The Morgan fingerprint density at radius 1 is 1.29 bits per heavy atom. The minimum absolute atomic E-state index is 0.661. The highest BCUT2D eigenvalue weighted by Crippen LogP contribution is 2.30. The molecular weight excluding hydrogens is 302 g/mol. The van der Waals surface area contributed by atoms with Crippen molar-refractivity contribution in [2.45, 2.75) is 13.8 Å². The molecule has 0 saturated heterocycles. The highest BCUT2D eigenvalue weighted by atomic mass is 16.5. The van der Waals surface area contributed by atoms with E-state index in [2.05, 4.69) is 22.4 Å². The summed E-state index contributed by atoms with van der Waals surface area (Å²) in [5.41, 5.74) is 11.2. The molecule has 1 heterocycles. The van der Waals surface area contributed by atoms with Crippen LogP contribution in [0, 0.1) is 6.92 Å². The molecule has 0 amide bonds. The van der Waals surface area contributed by atoms with Gasteiger partial charge in [-0.1, -0.05) is 6.07 Å². The van der Waals surface area contributed by atoms with E-state index >= 15 is 0 Å². The molecule has 3 aromatic rings. The van der Waals surface area contributed by atoms with Gasteiger partial charge in [-0.05, 0) is 43.7 Å². The Morgan fingerprint density at radius 2 is 2.08 bits per heavy atom.